The molecule has 8 heteroatoms. The van der Waals surface area contributed by atoms with E-state index in [-0.39, 0.29) is 11.4 Å². The zero-order valence-corrected chi connectivity index (χ0v) is 13.7. The maximum Gasteiger partial charge on any atom is 0.416 e. The molecule has 2 aromatic carbocycles. The molecule has 0 aliphatic carbocycles. The van der Waals surface area contributed by atoms with E-state index in [2.05, 4.69) is 10.5 Å². The number of nitroso groups, excluding NO2 is 1. The Hall–Kier alpha value is -2.77. The van der Waals surface area contributed by atoms with Crippen LogP contribution in [0.1, 0.15) is 11.1 Å². The Morgan fingerprint density at radius 3 is 2.36 bits per heavy atom. The van der Waals surface area contributed by atoms with Gasteiger partial charge in [0, 0.05) is 6.54 Å². The third-order valence-electron chi connectivity index (χ3n) is 3.60. The van der Waals surface area contributed by atoms with Gasteiger partial charge in [-0.05, 0) is 47.5 Å². The van der Waals surface area contributed by atoms with Crippen LogP contribution in [0.2, 0.25) is 0 Å². The van der Waals surface area contributed by atoms with Crippen molar-refractivity contribution in [1.29, 1.82) is 0 Å². The van der Waals surface area contributed by atoms with Gasteiger partial charge in [0.2, 0.25) is 0 Å². The molecule has 2 aromatic rings. The Morgan fingerprint density at radius 2 is 1.76 bits per heavy atom. The first-order valence-electron chi connectivity index (χ1n) is 7.38. The molecule has 5 nitrogen and oxygen atoms in total. The van der Waals surface area contributed by atoms with Crippen molar-refractivity contribution in [2.24, 2.45) is 5.18 Å². The second-order valence-electron chi connectivity index (χ2n) is 5.19. The molecule has 0 saturated carbocycles. The summed E-state index contributed by atoms with van der Waals surface area (Å²) in [6, 6.07) is 8.28. The average Bonchev–Trinajstić information content (AvgIpc) is 2.60. The molecule has 0 atom stereocenters. The lowest BCUT2D eigenvalue weighted by Gasteiger charge is -2.12. The number of hydrogen-bond acceptors (Lipinski definition) is 5. The zero-order chi connectivity index (χ0) is 18.4. The van der Waals surface area contributed by atoms with Gasteiger partial charge in [-0.25, -0.2) is 0 Å². The lowest BCUT2D eigenvalue weighted by molar-refractivity contribution is -0.137. The average molecular weight is 354 g/mol. The Bertz CT molecular complexity index is 748. The zero-order valence-electron chi connectivity index (χ0n) is 13.7. The highest BCUT2D eigenvalue weighted by Crippen LogP contribution is 2.35. The van der Waals surface area contributed by atoms with Crippen LogP contribution in [0.4, 0.5) is 24.5 Å². The molecule has 0 bridgehead atoms. The first-order chi connectivity index (χ1) is 11.9. The lowest BCUT2D eigenvalue weighted by Crippen LogP contribution is -2.08. The molecule has 0 fully saturated rings. The molecule has 0 heterocycles. The molecule has 2 rings (SSSR count). The van der Waals surface area contributed by atoms with Crippen molar-refractivity contribution in [2.75, 3.05) is 26.1 Å². The Balaban J connectivity index is 2.05. The fourth-order valence-electron chi connectivity index (χ4n) is 2.31. The molecule has 134 valence electrons. The summed E-state index contributed by atoms with van der Waals surface area (Å²) in [7, 11) is 3.07. The number of halogens is 3. The van der Waals surface area contributed by atoms with Gasteiger partial charge in [-0.1, -0.05) is 6.07 Å². The normalized spacial score (nSPS) is 11.1. The van der Waals surface area contributed by atoms with Gasteiger partial charge in [-0.15, -0.1) is 4.91 Å². The minimum atomic E-state index is -4.52. The molecule has 0 aromatic heterocycles. The first kappa shape index (κ1) is 18.6. The van der Waals surface area contributed by atoms with Crippen LogP contribution in [0.5, 0.6) is 11.5 Å². The van der Waals surface area contributed by atoms with E-state index < -0.39 is 11.7 Å². The van der Waals surface area contributed by atoms with Gasteiger partial charge in [-0.3, -0.25) is 0 Å². The van der Waals surface area contributed by atoms with E-state index in [0.717, 1.165) is 17.7 Å². The van der Waals surface area contributed by atoms with Gasteiger partial charge in [-0.2, -0.15) is 13.2 Å². The molecule has 0 aliphatic heterocycles. The van der Waals surface area contributed by atoms with E-state index in [9.17, 15) is 18.1 Å². The lowest BCUT2D eigenvalue weighted by atomic mass is 10.1. The number of nitrogens with one attached hydrogen (secondary N) is 1. The van der Waals surface area contributed by atoms with Crippen LogP contribution >= 0.6 is 0 Å². The van der Waals surface area contributed by atoms with Gasteiger partial charge in [0.25, 0.3) is 0 Å². The highest BCUT2D eigenvalue weighted by atomic mass is 19.4. The van der Waals surface area contributed by atoms with Crippen molar-refractivity contribution in [3.05, 3.63) is 52.4 Å². The highest BCUT2D eigenvalue weighted by Gasteiger charge is 2.31. The fourth-order valence-corrected chi connectivity index (χ4v) is 2.31. The standard InChI is InChI=1S/C17H17F3N2O3/c1-24-15-6-3-11(9-16(15)25-2)7-8-21-13-5-4-12(17(18,19)20)10-14(13)22-23/h3-6,9-10,21H,7-8H2,1-2H3. The SMILES string of the molecule is COc1ccc(CCNc2ccc(C(F)(F)F)cc2N=O)cc1OC. The molecule has 0 spiro atoms. The largest absolute Gasteiger partial charge is 0.493 e. The van der Waals surface area contributed by atoms with Gasteiger partial charge < -0.3 is 14.8 Å². The maximum absolute atomic E-state index is 12.7. The summed E-state index contributed by atoms with van der Waals surface area (Å²) in [4.78, 5) is 10.8. The fraction of sp³-hybridized carbons (Fsp3) is 0.294. The van der Waals surface area contributed by atoms with E-state index in [0.29, 0.717) is 24.5 Å². The van der Waals surface area contributed by atoms with E-state index in [1.165, 1.54) is 20.3 Å². The monoisotopic (exact) mass is 354 g/mol. The number of nitrogens with zero attached hydrogens (tertiary/aromatic N) is 1. The van der Waals surface area contributed by atoms with Gasteiger partial charge in [0.15, 0.2) is 11.5 Å². The van der Waals surface area contributed by atoms with E-state index >= 15 is 0 Å². The van der Waals surface area contributed by atoms with Crippen molar-refractivity contribution in [3.63, 3.8) is 0 Å². The van der Waals surface area contributed by atoms with E-state index in [4.69, 9.17) is 9.47 Å². The molecule has 0 unspecified atom stereocenters. The van der Waals surface area contributed by atoms with Crippen molar-refractivity contribution in [3.8, 4) is 11.5 Å². The van der Waals surface area contributed by atoms with Crippen LogP contribution in [0.3, 0.4) is 0 Å². The number of anilines is 1. The molecule has 0 radical (unpaired) electrons. The predicted octanol–water partition coefficient (Wildman–Crippen LogP) is 4.78. The molecule has 0 aliphatic rings. The summed E-state index contributed by atoms with van der Waals surface area (Å²) in [5.74, 6) is 1.19. The van der Waals surface area contributed by atoms with Crippen LogP contribution in [-0.2, 0) is 12.6 Å². The summed E-state index contributed by atoms with van der Waals surface area (Å²) in [6.07, 6.45) is -3.95. The second kappa shape index (κ2) is 7.87. The molecule has 0 amide bonds. The van der Waals surface area contributed by atoms with Crippen LogP contribution in [0, 0.1) is 4.91 Å². The summed E-state index contributed by atoms with van der Waals surface area (Å²) in [5, 5.41) is 5.60. The summed E-state index contributed by atoms with van der Waals surface area (Å²) in [6.45, 7) is 0.406. The molecular weight excluding hydrogens is 337 g/mol. The molecule has 0 saturated heterocycles. The van der Waals surface area contributed by atoms with Crippen LogP contribution in [-0.4, -0.2) is 20.8 Å². The number of alkyl halides is 3. The molecule has 1 N–H and O–H groups in total. The molecular formula is C17H17F3N2O3. The van der Waals surface area contributed by atoms with E-state index in [1.54, 1.807) is 6.07 Å². The van der Waals surface area contributed by atoms with Gasteiger partial charge in [0.1, 0.15) is 5.69 Å². The van der Waals surface area contributed by atoms with Crippen molar-refractivity contribution in [1.82, 2.24) is 0 Å². The van der Waals surface area contributed by atoms with Crippen molar-refractivity contribution >= 4 is 11.4 Å². The van der Waals surface area contributed by atoms with Gasteiger partial charge >= 0.3 is 6.18 Å². The van der Waals surface area contributed by atoms with Crippen LogP contribution in [0.25, 0.3) is 0 Å². The number of hydrogen-bond donors (Lipinski definition) is 1. The number of methoxy groups -OCH3 is 2. The maximum atomic E-state index is 12.7. The van der Waals surface area contributed by atoms with Crippen molar-refractivity contribution < 1.29 is 22.6 Å². The van der Waals surface area contributed by atoms with Crippen LogP contribution < -0.4 is 14.8 Å². The summed E-state index contributed by atoms with van der Waals surface area (Å²) < 4.78 is 48.3. The second-order valence-corrected chi connectivity index (χ2v) is 5.19. The number of rotatable bonds is 7. The minimum Gasteiger partial charge on any atom is -0.493 e. The Kier molecular flexibility index (Phi) is 5.84. The number of ether oxygens (including phenoxy) is 2. The first-order valence-corrected chi connectivity index (χ1v) is 7.38. The number of benzene rings is 2. The third-order valence-corrected chi connectivity index (χ3v) is 3.60. The summed E-state index contributed by atoms with van der Waals surface area (Å²) in [5.41, 5.74) is 0.0100. The van der Waals surface area contributed by atoms with Gasteiger partial charge in [0.05, 0.1) is 25.5 Å². The van der Waals surface area contributed by atoms with E-state index in [1.807, 2.05) is 12.1 Å². The Morgan fingerprint density at radius 1 is 1.04 bits per heavy atom. The smallest absolute Gasteiger partial charge is 0.416 e. The molecule has 25 heavy (non-hydrogen) atoms. The predicted molar refractivity (Wildman–Crippen MR) is 88.6 cm³/mol. The van der Waals surface area contributed by atoms with Crippen LogP contribution in [0.15, 0.2) is 41.6 Å². The highest BCUT2D eigenvalue weighted by molar-refractivity contribution is 5.66. The van der Waals surface area contributed by atoms with Crippen molar-refractivity contribution in [2.45, 2.75) is 12.6 Å². The third kappa shape index (κ3) is 4.62. The summed E-state index contributed by atoms with van der Waals surface area (Å²) >= 11 is 0. The topological polar surface area (TPSA) is 59.9 Å². The minimum absolute atomic E-state index is 0.253. The Labute approximate surface area is 142 Å². The quantitative estimate of drug-likeness (QED) is 0.727.